The Labute approximate surface area is 133 Å². The second kappa shape index (κ2) is 7.91. The van der Waals surface area contributed by atoms with Crippen molar-refractivity contribution in [2.24, 2.45) is 0 Å². The van der Waals surface area contributed by atoms with E-state index in [4.69, 9.17) is 11.6 Å². The van der Waals surface area contributed by atoms with E-state index in [2.05, 4.69) is 15.7 Å². The summed E-state index contributed by atoms with van der Waals surface area (Å²) in [5.74, 6) is -0.847. The average molecular weight is 325 g/mol. The topological polar surface area (TPSA) is 59.0 Å². The molecule has 0 radical (unpaired) electrons. The van der Waals surface area contributed by atoms with E-state index in [0.29, 0.717) is 5.02 Å². The summed E-state index contributed by atoms with van der Waals surface area (Å²) in [7, 11) is 0. The molecule has 0 aliphatic heterocycles. The Bertz CT molecular complexity index is 618. The highest BCUT2D eigenvalue weighted by Gasteiger charge is 2.09. The molecule has 0 saturated heterocycles. The van der Waals surface area contributed by atoms with Gasteiger partial charge in [-0.2, -0.15) is 5.10 Å². The first kappa shape index (κ1) is 16.5. The van der Waals surface area contributed by atoms with Gasteiger partial charge in [0.2, 0.25) is 5.91 Å². The van der Waals surface area contributed by atoms with Crippen LogP contribution in [0.25, 0.3) is 0 Å². The van der Waals surface area contributed by atoms with Gasteiger partial charge in [0.05, 0.1) is 12.2 Å². The summed E-state index contributed by atoms with van der Waals surface area (Å²) in [5.41, 5.74) is 0.125. The van der Waals surface area contributed by atoms with Crippen LogP contribution >= 0.6 is 11.6 Å². The van der Waals surface area contributed by atoms with Crippen molar-refractivity contribution in [2.45, 2.75) is 25.9 Å². The molecule has 1 atom stereocenters. The Balaban J connectivity index is 1.72. The number of benzene rings is 1. The first-order valence-electron chi connectivity index (χ1n) is 7.00. The van der Waals surface area contributed by atoms with Gasteiger partial charge in [0, 0.05) is 30.0 Å². The Morgan fingerprint density at radius 1 is 1.50 bits per heavy atom. The van der Waals surface area contributed by atoms with Crippen molar-refractivity contribution in [3.05, 3.63) is 47.5 Å². The van der Waals surface area contributed by atoms with Gasteiger partial charge in [0.25, 0.3) is 0 Å². The fourth-order valence-corrected chi connectivity index (χ4v) is 2.07. The lowest BCUT2D eigenvalue weighted by Gasteiger charge is -2.14. The third kappa shape index (κ3) is 5.13. The van der Waals surface area contributed by atoms with Crippen LogP contribution in [0.15, 0.2) is 36.7 Å². The summed E-state index contributed by atoms with van der Waals surface area (Å²) in [5, 5.41) is 10.0. The molecule has 7 heteroatoms. The number of anilines is 1. The molecule has 1 aromatic carbocycles. The molecule has 22 heavy (non-hydrogen) atoms. The minimum absolute atomic E-state index is 0.113. The summed E-state index contributed by atoms with van der Waals surface area (Å²) < 4.78 is 15.4. The van der Waals surface area contributed by atoms with Gasteiger partial charge in [-0.3, -0.25) is 9.48 Å². The molecule has 0 bridgehead atoms. The van der Waals surface area contributed by atoms with Crippen LogP contribution in [-0.4, -0.2) is 28.3 Å². The highest BCUT2D eigenvalue weighted by molar-refractivity contribution is 6.30. The van der Waals surface area contributed by atoms with Gasteiger partial charge < -0.3 is 10.6 Å². The number of aromatic nitrogens is 2. The summed E-state index contributed by atoms with van der Waals surface area (Å²) in [6.45, 7) is 2.87. The van der Waals surface area contributed by atoms with Crippen molar-refractivity contribution in [3.8, 4) is 0 Å². The van der Waals surface area contributed by atoms with E-state index >= 15 is 0 Å². The first-order valence-corrected chi connectivity index (χ1v) is 7.38. The van der Waals surface area contributed by atoms with Crippen molar-refractivity contribution in [1.82, 2.24) is 15.1 Å². The van der Waals surface area contributed by atoms with Gasteiger partial charge in [-0.15, -0.1) is 0 Å². The monoisotopic (exact) mass is 324 g/mol. The number of hydrogen-bond acceptors (Lipinski definition) is 3. The molecular formula is C15H18ClFN4O. The summed E-state index contributed by atoms with van der Waals surface area (Å²) in [6.07, 6.45) is 4.46. The van der Waals surface area contributed by atoms with Crippen molar-refractivity contribution in [3.63, 3.8) is 0 Å². The predicted octanol–water partition coefficient (Wildman–Crippen LogP) is 2.68. The number of hydrogen-bond donors (Lipinski definition) is 2. The lowest BCUT2D eigenvalue weighted by atomic mass is 10.2. The molecule has 2 N–H and O–H groups in total. The van der Waals surface area contributed by atoms with E-state index in [0.717, 1.165) is 19.0 Å². The SMILES string of the molecule is CC(CCn1cccn1)NCC(=O)Nc1ccc(Cl)cc1F. The fraction of sp³-hybridized carbons (Fsp3) is 0.333. The first-order chi connectivity index (χ1) is 10.5. The van der Waals surface area contributed by atoms with E-state index in [1.807, 2.05) is 23.9 Å². The molecule has 0 fully saturated rings. The second-order valence-electron chi connectivity index (χ2n) is 5.01. The van der Waals surface area contributed by atoms with Crippen molar-refractivity contribution in [2.75, 3.05) is 11.9 Å². The van der Waals surface area contributed by atoms with E-state index in [1.54, 1.807) is 6.20 Å². The van der Waals surface area contributed by atoms with Gasteiger partial charge in [0.15, 0.2) is 0 Å². The van der Waals surface area contributed by atoms with Crippen LogP contribution in [0.5, 0.6) is 0 Å². The number of carbonyl (C=O) groups is 1. The van der Waals surface area contributed by atoms with Crippen LogP contribution in [0.4, 0.5) is 10.1 Å². The molecule has 1 amide bonds. The number of aryl methyl sites for hydroxylation is 1. The predicted molar refractivity (Wildman–Crippen MR) is 84.3 cm³/mol. The van der Waals surface area contributed by atoms with E-state index in [1.165, 1.54) is 12.1 Å². The molecule has 0 aliphatic rings. The fourth-order valence-electron chi connectivity index (χ4n) is 1.91. The zero-order valence-electron chi connectivity index (χ0n) is 12.2. The Morgan fingerprint density at radius 3 is 3.00 bits per heavy atom. The van der Waals surface area contributed by atoms with Gasteiger partial charge in [0.1, 0.15) is 5.82 Å². The van der Waals surface area contributed by atoms with Crippen molar-refractivity contribution >= 4 is 23.2 Å². The standard InChI is InChI=1S/C15H18ClFN4O/c1-11(5-8-21-7-2-6-19-21)18-10-15(22)20-14-4-3-12(16)9-13(14)17/h2-4,6-7,9,11,18H,5,8,10H2,1H3,(H,20,22). The smallest absolute Gasteiger partial charge is 0.238 e. The zero-order chi connectivity index (χ0) is 15.9. The van der Waals surface area contributed by atoms with Crippen LogP contribution in [0.2, 0.25) is 5.02 Å². The van der Waals surface area contributed by atoms with Crippen LogP contribution in [-0.2, 0) is 11.3 Å². The molecule has 2 aromatic rings. The summed E-state index contributed by atoms with van der Waals surface area (Å²) >= 11 is 5.66. The number of carbonyl (C=O) groups excluding carboxylic acids is 1. The molecule has 1 heterocycles. The highest BCUT2D eigenvalue weighted by atomic mass is 35.5. The van der Waals surface area contributed by atoms with Crippen LogP contribution in [0, 0.1) is 5.82 Å². The number of rotatable bonds is 7. The number of nitrogens with one attached hydrogen (secondary N) is 2. The maximum Gasteiger partial charge on any atom is 0.238 e. The zero-order valence-corrected chi connectivity index (χ0v) is 13.0. The molecule has 118 valence electrons. The largest absolute Gasteiger partial charge is 0.322 e. The number of nitrogens with zero attached hydrogens (tertiary/aromatic N) is 2. The molecule has 1 unspecified atom stereocenters. The Hall–Kier alpha value is -1.92. The van der Waals surface area contributed by atoms with E-state index in [-0.39, 0.29) is 24.2 Å². The maximum atomic E-state index is 13.6. The van der Waals surface area contributed by atoms with Crippen molar-refractivity contribution < 1.29 is 9.18 Å². The number of halogens is 2. The van der Waals surface area contributed by atoms with E-state index in [9.17, 15) is 9.18 Å². The van der Waals surface area contributed by atoms with E-state index < -0.39 is 5.82 Å². The molecule has 0 saturated carbocycles. The van der Waals surface area contributed by atoms with Gasteiger partial charge >= 0.3 is 0 Å². The van der Waals surface area contributed by atoms with Crippen LogP contribution < -0.4 is 10.6 Å². The maximum absolute atomic E-state index is 13.6. The Kier molecular flexibility index (Phi) is 5.91. The lowest BCUT2D eigenvalue weighted by molar-refractivity contribution is -0.115. The van der Waals surface area contributed by atoms with Gasteiger partial charge in [-0.1, -0.05) is 11.6 Å². The molecular weight excluding hydrogens is 307 g/mol. The molecule has 5 nitrogen and oxygen atoms in total. The average Bonchev–Trinajstić information content (AvgIpc) is 2.99. The number of amides is 1. The van der Waals surface area contributed by atoms with Crippen LogP contribution in [0.1, 0.15) is 13.3 Å². The minimum Gasteiger partial charge on any atom is -0.322 e. The molecule has 2 rings (SSSR count). The van der Waals surface area contributed by atoms with Gasteiger partial charge in [-0.05, 0) is 37.6 Å². The Morgan fingerprint density at radius 2 is 2.32 bits per heavy atom. The minimum atomic E-state index is -0.549. The van der Waals surface area contributed by atoms with Crippen molar-refractivity contribution in [1.29, 1.82) is 0 Å². The summed E-state index contributed by atoms with van der Waals surface area (Å²) in [6, 6.07) is 6.14. The highest BCUT2D eigenvalue weighted by Crippen LogP contribution is 2.18. The molecule has 1 aromatic heterocycles. The third-order valence-electron chi connectivity index (χ3n) is 3.17. The normalized spacial score (nSPS) is 12.1. The molecule has 0 aliphatic carbocycles. The summed E-state index contributed by atoms with van der Waals surface area (Å²) in [4.78, 5) is 11.8. The quantitative estimate of drug-likeness (QED) is 0.823. The van der Waals surface area contributed by atoms with Crippen LogP contribution in [0.3, 0.4) is 0 Å². The second-order valence-corrected chi connectivity index (χ2v) is 5.45. The molecule has 0 spiro atoms. The third-order valence-corrected chi connectivity index (χ3v) is 3.40. The van der Waals surface area contributed by atoms with Gasteiger partial charge in [-0.25, -0.2) is 4.39 Å². The lowest BCUT2D eigenvalue weighted by Crippen LogP contribution is -2.35.